The van der Waals surface area contributed by atoms with Gasteiger partial charge >= 0.3 is 5.97 Å². The summed E-state index contributed by atoms with van der Waals surface area (Å²) in [5, 5.41) is 9.58. The SMILES string of the molecule is CCCCCCCCCCOC(=O)C1CSCC1O. The summed E-state index contributed by atoms with van der Waals surface area (Å²) in [7, 11) is 0. The number of aliphatic hydroxyl groups is 1. The molecular formula is C15H28O3S. The number of hydrogen-bond acceptors (Lipinski definition) is 4. The van der Waals surface area contributed by atoms with Gasteiger partial charge in [-0.15, -0.1) is 0 Å². The summed E-state index contributed by atoms with van der Waals surface area (Å²) in [6.45, 7) is 2.75. The topological polar surface area (TPSA) is 46.5 Å². The summed E-state index contributed by atoms with van der Waals surface area (Å²) in [6, 6.07) is 0. The van der Waals surface area contributed by atoms with Gasteiger partial charge in [-0.1, -0.05) is 51.9 Å². The Bertz CT molecular complexity index is 246. The molecule has 1 N–H and O–H groups in total. The van der Waals surface area contributed by atoms with E-state index in [1.54, 1.807) is 11.8 Å². The molecule has 0 aliphatic carbocycles. The second kappa shape index (κ2) is 10.6. The van der Waals surface area contributed by atoms with Crippen LogP contribution in [0.3, 0.4) is 0 Å². The molecule has 1 aliphatic heterocycles. The Morgan fingerprint density at radius 1 is 1.11 bits per heavy atom. The van der Waals surface area contributed by atoms with Crippen LogP contribution in [-0.2, 0) is 9.53 Å². The van der Waals surface area contributed by atoms with Gasteiger partial charge in [-0.05, 0) is 6.42 Å². The molecule has 3 nitrogen and oxygen atoms in total. The summed E-state index contributed by atoms with van der Waals surface area (Å²) < 4.78 is 5.23. The van der Waals surface area contributed by atoms with Gasteiger partial charge in [0.2, 0.25) is 0 Å². The molecule has 1 saturated heterocycles. The quantitative estimate of drug-likeness (QED) is 0.494. The molecule has 112 valence electrons. The van der Waals surface area contributed by atoms with Crippen molar-refractivity contribution in [2.24, 2.45) is 5.92 Å². The number of rotatable bonds is 10. The van der Waals surface area contributed by atoms with Crippen LogP contribution in [0.2, 0.25) is 0 Å². The van der Waals surface area contributed by atoms with Crippen LogP contribution >= 0.6 is 11.8 Å². The first-order valence-corrected chi connectivity index (χ1v) is 8.83. The van der Waals surface area contributed by atoms with E-state index in [9.17, 15) is 9.90 Å². The van der Waals surface area contributed by atoms with Gasteiger partial charge in [0.05, 0.1) is 18.6 Å². The second-order valence-corrected chi connectivity index (χ2v) is 6.43. The number of esters is 1. The fourth-order valence-corrected chi connectivity index (χ4v) is 3.51. The molecule has 0 radical (unpaired) electrons. The summed E-state index contributed by atoms with van der Waals surface area (Å²) in [4.78, 5) is 11.7. The number of thioether (sulfide) groups is 1. The lowest BCUT2D eigenvalue weighted by Gasteiger charge is -2.12. The maximum atomic E-state index is 11.7. The van der Waals surface area contributed by atoms with Gasteiger partial charge in [0.1, 0.15) is 0 Å². The summed E-state index contributed by atoms with van der Waals surface area (Å²) >= 11 is 1.62. The van der Waals surface area contributed by atoms with E-state index in [0.717, 1.165) is 12.8 Å². The smallest absolute Gasteiger partial charge is 0.312 e. The highest BCUT2D eigenvalue weighted by atomic mass is 32.2. The van der Waals surface area contributed by atoms with E-state index in [1.807, 2.05) is 0 Å². The van der Waals surface area contributed by atoms with Gasteiger partial charge in [0, 0.05) is 11.5 Å². The predicted octanol–water partition coefficient (Wildman–Crippen LogP) is 3.39. The number of aliphatic hydroxyl groups excluding tert-OH is 1. The fourth-order valence-electron chi connectivity index (χ4n) is 2.28. The van der Waals surface area contributed by atoms with Crippen LogP contribution in [0.15, 0.2) is 0 Å². The van der Waals surface area contributed by atoms with Crippen molar-refractivity contribution in [1.82, 2.24) is 0 Å². The lowest BCUT2D eigenvalue weighted by Crippen LogP contribution is -2.28. The van der Waals surface area contributed by atoms with Crippen LogP contribution in [0.25, 0.3) is 0 Å². The van der Waals surface area contributed by atoms with Gasteiger partial charge in [0.15, 0.2) is 0 Å². The molecule has 0 saturated carbocycles. The van der Waals surface area contributed by atoms with Crippen molar-refractivity contribution in [1.29, 1.82) is 0 Å². The van der Waals surface area contributed by atoms with Gasteiger partial charge < -0.3 is 9.84 Å². The van der Waals surface area contributed by atoms with E-state index in [-0.39, 0.29) is 11.9 Å². The van der Waals surface area contributed by atoms with E-state index < -0.39 is 6.10 Å². The molecule has 2 unspecified atom stereocenters. The highest BCUT2D eigenvalue weighted by molar-refractivity contribution is 7.99. The van der Waals surface area contributed by atoms with Crippen molar-refractivity contribution in [3.8, 4) is 0 Å². The molecule has 0 aromatic heterocycles. The molecule has 19 heavy (non-hydrogen) atoms. The lowest BCUT2D eigenvalue weighted by atomic mass is 10.1. The molecule has 0 aromatic carbocycles. The standard InChI is InChI=1S/C15H28O3S/c1-2-3-4-5-6-7-8-9-10-18-15(17)13-11-19-12-14(13)16/h13-14,16H,2-12H2,1H3. The molecular weight excluding hydrogens is 260 g/mol. The zero-order valence-corrected chi connectivity index (χ0v) is 12.9. The molecule has 0 spiro atoms. The number of unbranched alkanes of at least 4 members (excludes halogenated alkanes) is 7. The third-order valence-electron chi connectivity index (χ3n) is 3.60. The second-order valence-electron chi connectivity index (χ2n) is 5.35. The zero-order chi connectivity index (χ0) is 13.9. The third kappa shape index (κ3) is 7.21. The van der Waals surface area contributed by atoms with E-state index in [4.69, 9.17) is 4.74 Å². The number of ether oxygens (including phenoxy) is 1. The Kier molecular flexibility index (Phi) is 9.35. The molecule has 0 aromatic rings. The summed E-state index contributed by atoms with van der Waals surface area (Å²) in [5.41, 5.74) is 0. The average Bonchev–Trinajstić information content (AvgIpc) is 2.83. The minimum Gasteiger partial charge on any atom is -0.465 e. The Hall–Kier alpha value is -0.220. The van der Waals surface area contributed by atoms with E-state index >= 15 is 0 Å². The number of carbonyl (C=O) groups is 1. The Morgan fingerprint density at radius 3 is 2.32 bits per heavy atom. The van der Waals surface area contributed by atoms with Crippen molar-refractivity contribution in [3.05, 3.63) is 0 Å². The Balaban J connectivity index is 1.89. The number of carbonyl (C=O) groups excluding carboxylic acids is 1. The molecule has 1 aliphatic rings. The molecule has 1 heterocycles. The van der Waals surface area contributed by atoms with Crippen molar-refractivity contribution >= 4 is 17.7 Å². The lowest BCUT2D eigenvalue weighted by molar-refractivity contribution is -0.150. The summed E-state index contributed by atoms with van der Waals surface area (Å²) in [6.07, 6.45) is 9.45. The van der Waals surface area contributed by atoms with Crippen LogP contribution < -0.4 is 0 Å². The van der Waals surface area contributed by atoms with Crippen LogP contribution in [0, 0.1) is 5.92 Å². The van der Waals surface area contributed by atoms with Crippen LogP contribution in [0.5, 0.6) is 0 Å². The van der Waals surface area contributed by atoms with Crippen molar-refractivity contribution in [3.63, 3.8) is 0 Å². The van der Waals surface area contributed by atoms with E-state index in [1.165, 1.54) is 38.5 Å². The monoisotopic (exact) mass is 288 g/mol. The maximum absolute atomic E-state index is 11.7. The van der Waals surface area contributed by atoms with Gasteiger partial charge in [-0.25, -0.2) is 0 Å². The first-order chi connectivity index (χ1) is 9.25. The zero-order valence-electron chi connectivity index (χ0n) is 12.1. The fraction of sp³-hybridized carbons (Fsp3) is 0.933. The molecule has 0 amide bonds. The van der Waals surface area contributed by atoms with Crippen molar-refractivity contribution in [2.75, 3.05) is 18.1 Å². The minimum atomic E-state index is -0.504. The Labute approximate surface area is 121 Å². The highest BCUT2D eigenvalue weighted by Gasteiger charge is 2.33. The van der Waals surface area contributed by atoms with Crippen molar-refractivity contribution in [2.45, 2.75) is 64.4 Å². The predicted molar refractivity (Wildman–Crippen MR) is 80.4 cm³/mol. The van der Waals surface area contributed by atoms with E-state index in [0.29, 0.717) is 18.1 Å². The first-order valence-electron chi connectivity index (χ1n) is 7.68. The largest absolute Gasteiger partial charge is 0.465 e. The molecule has 1 rings (SSSR count). The molecule has 4 heteroatoms. The van der Waals surface area contributed by atoms with Crippen LogP contribution in [-0.4, -0.2) is 35.3 Å². The van der Waals surface area contributed by atoms with Gasteiger partial charge in [0.25, 0.3) is 0 Å². The first kappa shape index (κ1) is 16.8. The van der Waals surface area contributed by atoms with Crippen molar-refractivity contribution < 1.29 is 14.6 Å². The molecule has 2 atom stereocenters. The van der Waals surface area contributed by atoms with E-state index in [2.05, 4.69) is 6.92 Å². The average molecular weight is 288 g/mol. The summed E-state index contributed by atoms with van der Waals surface area (Å²) in [5.74, 6) is 0.870. The normalized spacial score (nSPS) is 22.6. The third-order valence-corrected chi connectivity index (χ3v) is 4.77. The van der Waals surface area contributed by atoms with Crippen LogP contribution in [0.1, 0.15) is 58.3 Å². The minimum absolute atomic E-state index is 0.208. The Morgan fingerprint density at radius 2 is 1.74 bits per heavy atom. The van der Waals surface area contributed by atoms with Gasteiger partial charge in [-0.3, -0.25) is 4.79 Å². The maximum Gasteiger partial charge on any atom is 0.312 e. The van der Waals surface area contributed by atoms with Crippen LogP contribution in [0.4, 0.5) is 0 Å². The highest BCUT2D eigenvalue weighted by Crippen LogP contribution is 2.25. The number of hydrogen-bond donors (Lipinski definition) is 1. The molecule has 0 bridgehead atoms. The molecule has 1 fully saturated rings. The van der Waals surface area contributed by atoms with Gasteiger partial charge in [-0.2, -0.15) is 11.8 Å².